The first-order valence-electron chi connectivity index (χ1n) is 4.16. The Hall–Kier alpha value is -0.160. The van der Waals surface area contributed by atoms with Crippen LogP contribution in [0, 0.1) is 0 Å². The SMILES string of the molecule is CCN(CCCN)C(N)CN. The third-order valence-corrected chi connectivity index (χ3v) is 1.77. The molecule has 0 amide bonds. The molecule has 0 saturated heterocycles. The third kappa shape index (κ3) is 4.31. The third-order valence-electron chi connectivity index (χ3n) is 1.77. The lowest BCUT2D eigenvalue weighted by Gasteiger charge is -2.25. The van der Waals surface area contributed by atoms with Crippen LogP contribution in [0.3, 0.4) is 0 Å². The van der Waals surface area contributed by atoms with Gasteiger partial charge >= 0.3 is 0 Å². The van der Waals surface area contributed by atoms with Crippen molar-refractivity contribution < 1.29 is 0 Å². The van der Waals surface area contributed by atoms with Crippen LogP contribution in [0.5, 0.6) is 0 Å². The van der Waals surface area contributed by atoms with Gasteiger partial charge in [0.25, 0.3) is 0 Å². The van der Waals surface area contributed by atoms with E-state index in [9.17, 15) is 0 Å². The first-order chi connectivity index (χ1) is 5.26. The van der Waals surface area contributed by atoms with Gasteiger partial charge in [-0.05, 0) is 19.5 Å². The standard InChI is InChI=1S/C7H20N4/c1-2-11(5-3-4-8)7(10)6-9/h7H,2-6,8-10H2,1H3. The van der Waals surface area contributed by atoms with Crippen LogP contribution >= 0.6 is 0 Å². The van der Waals surface area contributed by atoms with Gasteiger partial charge in [-0.2, -0.15) is 0 Å². The molecule has 0 aliphatic heterocycles. The first-order valence-corrected chi connectivity index (χ1v) is 4.16. The maximum atomic E-state index is 5.73. The molecule has 0 saturated carbocycles. The Morgan fingerprint density at radius 2 is 2.00 bits per heavy atom. The number of nitrogens with two attached hydrogens (primary N) is 3. The van der Waals surface area contributed by atoms with Crippen molar-refractivity contribution in [2.75, 3.05) is 26.2 Å². The van der Waals surface area contributed by atoms with Crippen LogP contribution in [0.25, 0.3) is 0 Å². The molecule has 0 bridgehead atoms. The highest BCUT2D eigenvalue weighted by Gasteiger charge is 2.08. The molecule has 0 heterocycles. The van der Waals surface area contributed by atoms with E-state index in [0.717, 1.165) is 19.5 Å². The minimum atomic E-state index is -0.00782. The molecule has 0 aliphatic rings. The Bertz CT molecular complexity index is 86.5. The van der Waals surface area contributed by atoms with Crippen molar-refractivity contribution in [3.05, 3.63) is 0 Å². The van der Waals surface area contributed by atoms with E-state index in [-0.39, 0.29) is 6.17 Å². The Morgan fingerprint density at radius 1 is 1.36 bits per heavy atom. The van der Waals surface area contributed by atoms with Crippen LogP contribution in [0.2, 0.25) is 0 Å². The average molecular weight is 160 g/mol. The fourth-order valence-electron chi connectivity index (χ4n) is 1.00. The second-order valence-electron chi connectivity index (χ2n) is 2.57. The summed E-state index contributed by atoms with van der Waals surface area (Å²) in [6, 6.07) is 0. The van der Waals surface area contributed by atoms with E-state index in [1.807, 2.05) is 0 Å². The van der Waals surface area contributed by atoms with Gasteiger partial charge in [0, 0.05) is 13.1 Å². The van der Waals surface area contributed by atoms with Crippen molar-refractivity contribution in [1.29, 1.82) is 0 Å². The summed E-state index contributed by atoms with van der Waals surface area (Å²) < 4.78 is 0. The fraction of sp³-hybridized carbons (Fsp3) is 1.00. The van der Waals surface area contributed by atoms with Crippen molar-refractivity contribution in [2.24, 2.45) is 17.2 Å². The number of hydrogen-bond donors (Lipinski definition) is 3. The van der Waals surface area contributed by atoms with Gasteiger partial charge < -0.3 is 17.2 Å². The number of likely N-dealkylation sites (N-methyl/N-ethyl adjacent to an activating group) is 1. The lowest BCUT2D eigenvalue weighted by atomic mass is 10.3. The highest BCUT2D eigenvalue weighted by molar-refractivity contribution is 4.64. The Labute approximate surface area is 68.7 Å². The number of rotatable bonds is 6. The molecule has 6 N–H and O–H groups in total. The van der Waals surface area contributed by atoms with Crippen molar-refractivity contribution in [3.63, 3.8) is 0 Å². The average Bonchev–Trinajstić information content (AvgIpc) is 2.05. The van der Waals surface area contributed by atoms with Crippen LogP contribution in [-0.4, -0.2) is 37.2 Å². The first kappa shape index (κ1) is 10.8. The largest absolute Gasteiger partial charge is 0.330 e. The summed E-state index contributed by atoms with van der Waals surface area (Å²) in [5, 5.41) is 0. The maximum Gasteiger partial charge on any atom is 0.0698 e. The Kier molecular flexibility index (Phi) is 6.45. The summed E-state index contributed by atoms with van der Waals surface area (Å²) >= 11 is 0. The lowest BCUT2D eigenvalue weighted by molar-refractivity contribution is 0.214. The van der Waals surface area contributed by atoms with Crippen molar-refractivity contribution in [3.8, 4) is 0 Å². The molecule has 0 aromatic heterocycles. The van der Waals surface area contributed by atoms with Gasteiger partial charge in [0.2, 0.25) is 0 Å². The van der Waals surface area contributed by atoms with Gasteiger partial charge in [-0.3, -0.25) is 4.90 Å². The minimum absolute atomic E-state index is 0.00782. The lowest BCUT2D eigenvalue weighted by Crippen LogP contribution is -2.47. The molecule has 0 aliphatic carbocycles. The second kappa shape index (κ2) is 6.54. The zero-order chi connectivity index (χ0) is 8.69. The van der Waals surface area contributed by atoms with E-state index < -0.39 is 0 Å². The van der Waals surface area contributed by atoms with Crippen LogP contribution in [0.1, 0.15) is 13.3 Å². The van der Waals surface area contributed by atoms with Crippen molar-refractivity contribution in [1.82, 2.24) is 4.90 Å². The van der Waals surface area contributed by atoms with E-state index in [2.05, 4.69) is 11.8 Å². The number of hydrogen-bond acceptors (Lipinski definition) is 4. The molecule has 0 aromatic rings. The highest BCUT2D eigenvalue weighted by Crippen LogP contribution is 1.92. The topological polar surface area (TPSA) is 81.3 Å². The molecule has 11 heavy (non-hydrogen) atoms. The molecule has 0 aromatic carbocycles. The molecule has 1 atom stereocenters. The van der Waals surface area contributed by atoms with Crippen LogP contribution in [0.15, 0.2) is 0 Å². The predicted molar refractivity (Wildman–Crippen MR) is 47.9 cm³/mol. The van der Waals surface area contributed by atoms with Crippen molar-refractivity contribution >= 4 is 0 Å². The number of nitrogens with zero attached hydrogens (tertiary/aromatic N) is 1. The molecule has 68 valence electrons. The summed E-state index contributed by atoms with van der Waals surface area (Å²) in [7, 11) is 0. The van der Waals surface area contributed by atoms with Crippen molar-refractivity contribution in [2.45, 2.75) is 19.5 Å². The molecule has 0 radical (unpaired) electrons. The summed E-state index contributed by atoms with van der Waals surface area (Å²) in [6.07, 6.45) is 0.980. The van der Waals surface area contributed by atoms with Gasteiger partial charge in [-0.15, -0.1) is 0 Å². The van der Waals surface area contributed by atoms with E-state index in [0.29, 0.717) is 13.1 Å². The predicted octanol–water partition coefficient (Wildman–Crippen LogP) is -1.10. The zero-order valence-electron chi connectivity index (χ0n) is 7.29. The highest BCUT2D eigenvalue weighted by atomic mass is 15.2. The van der Waals surface area contributed by atoms with E-state index >= 15 is 0 Å². The molecule has 0 fully saturated rings. The van der Waals surface area contributed by atoms with Crippen LogP contribution in [-0.2, 0) is 0 Å². The molecule has 4 heteroatoms. The molecular weight excluding hydrogens is 140 g/mol. The summed E-state index contributed by atoms with van der Waals surface area (Å²) in [5.41, 5.74) is 16.5. The zero-order valence-corrected chi connectivity index (χ0v) is 7.29. The van der Waals surface area contributed by atoms with Gasteiger partial charge in [-0.1, -0.05) is 6.92 Å². The quantitative estimate of drug-likeness (QED) is 0.431. The van der Waals surface area contributed by atoms with Gasteiger partial charge in [0.05, 0.1) is 6.17 Å². The van der Waals surface area contributed by atoms with Gasteiger partial charge in [0.1, 0.15) is 0 Å². The monoisotopic (exact) mass is 160 g/mol. The Morgan fingerprint density at radius 3 is 2.36 bits per heavy atom. The second-order valence-corrected chi connectivity index (χ2v) is 2.57. The molecule has 0 rings (SSSR count). The smallest absolute Gasteiger partial charge is 0.0698 e. The van der Waals surface area contributed by atoms with Crippen LogP contribution < -0.4 is 17.2 Å². The normalized spacial score (nSPS) is 13.9. The molecule has 4 nitrogen and oxygen atoms in total. The summed E-state index contributed by atoms with van der Waals surface area (Å²) in [5.74, 6) is 0. The minimum Gasteiger partial charge on any atom is -0.330 e. The fourth-order valence-corrected chi connectivity index (χ4v) is 1.00. The Balaban J connectivity index is 3.56. The maximum absolute atomic E-state index is 5.73. The molecule has 0 spiro atoms. The molecular formula is C7H20N4. The van der Waals surface area contributed by atoms with Gasteiger partial charge in [0.15, 0.2) is 0 Å². The van der Waals surface area contributed by atoms with E-state index in [1.165, 1.54) is 0 Å². The summed E-state index contributed by atoms with van der Waals surface area (Å²) in [4.78, 5) is 2.13. The van der Waals surface area contributed by atoms with E-state index in [1.54, 1.807) is 0 Å². The van der Waals surface area contributed by atoms with Gasteiger partial charge in [-0.25, -0.2) is 0 Å². The summed E-state index contributed by atoms with van der Waals surface area (Å²) in [6.45, 7) is 5.20. The van der Waals surface area contributed by atoms with E-state index in [4.69, 9.17) is 17.2 Å². The van der Waals surface area contributed by atoms with Crippen LogP contribution in [0.4, 0.5) is 0 Å². The molecule has 1 unspecified atom stereocenters.